The van der Waals surface area contributed by atoms with Crippen LogP contribution in [-0.2, 0) is 19.2 Å². The quantitative estimate of drug-likeness (QED) is 0.283. The minimum Gasteiger partial charge on any atom is -0.497 e. The van der Waals surface area contributed by atoms with E-state index in [-0.39, 0.29) is 0 Å². The molecular weight excluding hydrogens is 456 g/mol. The zero-order valence-electron chi connectivity index (χ0n) is 21.8. The Kier molecular flexibility index (Phi) is 8.24. The van der Waals surface area contributed by atoms with E-state index >= 15 is 0 Å². The summed E-state index contributed by atoms with van der Waals surface area (Å²) < 4.78 is 28.9. The number of fused-ring (bicyclic) bond motifs is 1. The monoisotopic (exact) mass is 498 g/mol. The Morgan fingerprint density at radius 1 is 1.23 bits per heavy atom. The lowest BCUT2D eigenvalue weighted by molar-refractivity contribution is 0.00826. The van der Waals surface area contributed by atoms with Gasteiger partial charge in [0.1, 0.15) is 5.76 Å². The lowest BCUT2D eigenvalue weighted by Crippen LogP contribution is -2.52. The second-order valence-corrected chi connectivity index (χ2v) is 12.4. The molecule has 1 aliphatic heterocycles. The normalized spacial score (nSPS) is 21.8. The lowest BCUT2D eigenvalue weighted by Gasteiger charge is -2.43. The molecule has 2 aromatic rings. The van der Waals surface area contributed by atoms with Crippen LogP contribution in [0.2, 0.25) is 0 Å². The largest absolute Gasteiger partial charge is 0.497 e. The summed E-state index contributed by atoms with van der Waals surface area (Å²) in [5.41, 5.74) is 1.60. The van der Waals surface area contributed by atoms with E-state index in [1.807, 2.05) is 32.2 Å². The molecule has 2 fully saturated rings. The molecule has 2 unspecified atom stereocenters. The van der Waals surface area contributed by atoms with Gasteiger partial charge in [0.25, 0.3) is 0 Å². The van der Waals surface area contributed by atoms with Crippen LogP contribution in [0.1, 0.15) is 76.0 Å². The second kappa shape index (κ2) is 11.0. The number of benzene rings is 1. The first kappa shape index (κ1) is 26.2. The standard InChI is InChI=1S/C29H42N2O3S/c1-6-33-24(4)29(16-8-9-17-29)31(18-11-13-25-12-7-10-19-34-25)35(5,32)26-14-15-27-22(2)21-30-23(3)28(27)20-26/h14-15,20-21,25H,4-13,16-19H2,1-3H3. The molecular formula is C29H42N2O3S. The van der Waals surface area contributed by atoms with Crippen molar-refractivity contribution in [3.8, 4) is 0 Å². The van der Waals surface area contributed by atoms with E-state index in [1.54, 1.807) is 0 Å². The zero-order chi connectivity index (χ0) is 25.1. The van der Waals surface area contributed by atoms with Crippen LogP contribution in [0.15, 0.2) is 41.6 Å². The van der Waals surface area contributed by atoms with E-state index in [9.17, 15) is 4.21 Å². The maximum absolute atomic E-state index is 14.8. The Hall–Kier alpha value is -1.89. The maximum atomic E-state index is 14.8. The third kappa shape index (κ3) is 5.30. The van der Waals surface area contributed by atoms with Crippen molar-refractivity contribution in [2.75, 3.05) is 19.8 Å². The molecule has 1 saturated carbocycles. The summed E-state index contributed by atoms with van der Waals surface area (Å²) in [5, 5.41) is 2.19. The summed E-state index contributed by atoms with van der Waals surface area (Å²) in [6.07, 6.45) is 11.5. The molecule has 0 amide bonds. The Bertz CT molecular complexity index is 1150. The van der Waals surface area contributed by atoms with Crippen molar-refractivity contribution in [2.24, 2.45) is 0 Å². The van der Waals surface area contributed by atoms with Gasteiger partial charge in [-0.2, -0.15) is 0 Å². The third-order valence-electron chi connectivity index (χ3n) is 7.89. The molecule has 192 valence electrons. The van der Waals surface area contributed by atoms with Crippen molar-refractivity contribution >= 4 is 26.4 Å². The van der Waals surface area contributed by atoms with Gasteiger partial charge in [0.05, 0.1) is 28.0 Å². The van der Waals surface area contributed by atoms with Crippen molar-refractivity contribution < 1.29 is 13.7 Å². The van der Waals surface area contributed by atoms with Crippen LogP contribution in [0, 0.1) is 13.8 Å². The van der Waals surface area contributed by atoms with E-state index in [2.05, 4.69) is 34.7 Å². The fraction of sp³-hybridized carbons (Fsp3) is 0.586. The van der Waals surface area contributed by atoms with Gasteiger partial charge in [0, 0.05) is 35.3 Å². The topological polar surface area (TPSA) is 51.7 Å². The molecule has 2 heterocycles. The Morgan fingerprint density at radius 3 is 2.69 bits per heavy atom. The Balaban J connectivity index is 1.71. The minimum absolute atomic E-state index is 0.304. The highest BCUT2D eigenvalue weighted by atomic mass is 32.2. The zero-order valence-corrected chi connectivity index (χ0v) is 22.6. The molecule has 1 aliphatic carbocycles. The molecule has 0 bridgehead atoms. The number of hydrogen-bond donors (Lipinski definition) is 0. The average Bonchev–Trinajstić information content (AvgIpc) is 3.35. The van der Waals surface area contributed by atoms with Gasteiger partial charge in [-0.15, -0.1) is 0 Å². The van der Waals surface area contributed by atoms with Crippen molar-refractivity contribution in [3.05, 3.63) is 48.0 Å². The maximum Gasteiger partial charge on any atom is 0.110 e. The van der Waals surface area contributed by atoms with E-state index < -0.39 is 15.2 Å². The Morgan fingerprint density at radius 2 is 2.00 bits per heavy atom. The van der Waals surface area contributed by atoms with Crippen molar-refractivity contribution in [2.45, 2.75) is 95.1 Å². The van der Waals surface area contributed by atoms with E-state index in [0.717, 1.165) is 90.7 Å². The van der Waals surface area contributed by atoms with Gasteiger partial charge >= 0.3 is 0 Å². The summed E-state index contributed by atoms with van der Waals surface area (Å²) in [7, 11) is -2.81. The number of aryl methyl sites for hydroxylation is 2. The van der Waals surface area contributed by atoms with Gasteiger partial charge in [0.2, 0.25) is 0 Å². The highest BCUT2D eigenvalue weighted by molar-refractivity contribution is 7.98. The molecule has 1 aromatic heterocycles. The average molecular weight is 499 g/mol. The molecule has 35 heavy (non-hydrogen) atoms. The number of nitrogens with zero attached hydrogens (tertiary/aromatic N) is 2. The molecule has 0 N–H and O–H groups in total. The molecule has 6 heteroatoms. The van der Waals surface area contributed by atoms with E-state index in [1.165, 1.54) is 6.42 Å². The first-order valence-electron chi connectivity index (χ1n) is 13.2. The fourth-order valence-electron chi connectivity index (χ4n) is 5.90. The highest BCUT2D eigenvalue weighted by Crippen LogP contribution is 2.44. The number of rotatable bonds is 10. The third-order valence-corrected chi connectivity index (χ3v) is 10.1. The van der Waals surface area contributed by atoms with Gasteiger partial charge in [-0.05, 0) is 94.7 Å². The summed E-state index contributed by atoms with van der Waals surface area (Å²) in [6, 6.07) is 6.11. The number of aromatic nitrogens is 1. The smallest absolute Gasteiger partial charge is 0.110 e. The van der Waals surface area contributed by atoms with Crippen molar-refractivity contribution in [3.63, 3.8) is 0 Å². The Labute approximate surface area is 212 Å². The van der Waals surface area contributed by atoms with Crippen LogP contribution in [0.3, 0.4) is 0 Å². The van der Waals surface area contributed by atoms with Crippen LogP contribution in [-0.4, -0.2) is 50.8 Å². The molecule has 0 spiro atoms. The first-order valence-corrected chi connectivity index (χ1v) is 14.9. The SMILES string of the molecule is C=C(OCC)C1(N(CCCC2CCCCO2)S(=C)(=O)c2ccc3c(C)cnc(C)c3c2)CCCC1. The predicted octanol–water partition coefficient (Wildman–Crippen LogP) is 6.36. The number of ether oxygens (including phenoxy) is 2. The first-order chi connectivity index (χ1) is 16.8. The molecule has 1 aromatic carbocycles. The van der Waals surface area contributed by atoms with Gasteiger partial charge in [-0.3, -0.25) is 4.98 Å². The molecule has 0 radical (unpaired) electrons. The number of pyridine rings is 1. The van der Waals surface area contributed by atoms with Gasteiger partial charge in [-0.25, -0.2) is 8.51 Å². The highest BCUT2D eigenvalue weighted by Gasteiger charge is 2.47. The van der Waals surface area contributed by atoms with Crippen LogP contribution in [0.4, 0.5) is 0 Å². The van der Waals surface area contributed by atoms with Gasteiger partial charge in [-0.1, -0.05) is 25.5 Å². The summed E-state index contributed by atoms with van der Waals surface area (Å²) >= 11 is 0. The van der Waals surface area contributed by atoms with Crippen molar-refractivity contribution in [1.29, 1.82) is 0 Å². The molecule has 1 saturated heterocycles. The van der Waals surface area contributed by atoms with Crippen LogP contribution < -0.4 is 0 Å². The van der Waals surface area contributed by atoms with Crippen LogP contribution in [0.5, 0.6) is 0 Å². The molecule has 4 rings (SSSR count). The fourth-order valence-corrected chi connectivity index (χ4v) is 8.01. The summed E-state index contributed by atoms with van der Waals surface area (Å²) in [5.74, 6) is 5.14. The minimum atomic E-state index is -2.81. The second-order valence-electron chi connectivity index (χ2n) is 10.2. The van der Waals surface area contributed by atoms with E-state index in [4.69, 9.17) is 9.47 Å². The number of hydrogen-bond acceptors (Lipinski definition) is 4. The predicted molar refractivity (Wildman–Crippen MR) is 146 cm³/mol. The summed E-state index contributed by atoms with van der Waals surface area (Å²) in [6.45, 7) is 12.5. The lowest BCUT2D eigenvalue weighted by atomic mass is 9.94. The summed E-state index contributed by atoms with van der Waals surface area (Å²) in [4.78, 5) is 5.30. The van der Waals surface area contributed by atoms with Crippen LogP contribution in [0.25, 0.3) is 10.8 Å². The van der Waals surface area contributed by atoms with Crippen LogP contribution >= 0.6 is 0 Å². The molecule has 2 atom stereocenters. The van der Waals surface area contributed by atoms with Crippen molar-refractivity contribution in [1.82, 2.24) is 9.29 Å². The van der Waals surface area contributed by atoms with Gasteiger partial charge < -0.3 is 9.47 Å². The molecule has 2 aliphatic rings. The van der Waals surface area contributed by atoms with E-state index in [0.29, 0.717) is 19.3 Å². The molecule has 5 nitrogen and oxygen atoms in total. The van der Waals surface area contributed by atoms with Gasteiger partial charge in [0.15, 0.2) is 0 Å².